The van der Waals surface area contributed by atoms with Gasteiger partial charge in [-0.3, -0.25) is 14.6 Å². The van der Waals surface area contributed by atoms with Crippen LogP contribution >= 0.6 is 11.6 Å². The van der Waals surface area contributed by atoms with Gasteiger partial charge in [-0.1, -0.05) is 23.7 Å². The molecule has 28 heavy (non-hydrogen) atoms. The minimum absolute atomic E-state index is 0.107. The molecule has 0 aromatic heterocycles. The monoisotopic (exact) mass is 425 g/mol. The first-order valence-electron chi connectivity index (χ1n) is 10.1. The van der Waals surface area contributed by atoms with E-state index in [1.165, 1.54) is 5.56 Å². The minimum atomic E-state index is -2.98. The predicted molar refractivity (Wildman–Crippen MR) is 110 cm³/mol. The van der Waals surface area contributed by atoms with Crippen molar-refractivity contribution >= 4 is 27.3 Å². The third-order valence-electron chi connectivity index (χ3n) is 5.97. The highest BCUT2D eigenvalue weighted by atomic mass is 35.5. The maximum absolute atomic E-state index is 13.0. The first-order chi connectivity index (χ1) is 13.4. The number of benzene rings is 1. The molecule has 0 N–H and O–H groups in total. The summed E-state index contributed by atoms with van der Waals surface area (Å²) >= 11 is 5.95. The van der Waals surface area contributed by atoms with Gasteiger partial charge in [0.25, 0.3) is 0 Å². The van der Waals surface area contributed by atoms with Crippen LogP contribution < -0.4 is 0 Å². The molecule has 0 bridgehead atoms. The topological polar surface area (TPSA) is 60.9 Å². The number of carbonyl (C=O) groups is 1. The van der Waals surface area contributed by atoms with Gasteiger partial charge in [-0.05, 0) is 37.0 Å². The van der Waals surface area contributed by atoms with E-state index in [2.05, 4.69) is 21.9 Å². The summed E-state index contributed by atoms with van der Waals surface area (Å²) in [4.78, 5) is 19.5. The van der Waals surface area contributed by atoms with Gasteiger partial charge in [0.2, 0.25) is 5.91 Å². The second kappa shape index (κ2) is 8.30. The smallest absolute Gasteiger partial charge is 0.237 e. The number of carbonyl (C=O) groups excluding carboxylic acids is 1. The number of rotatable bonds is 6. The lowest BCUT2D eigenvalue weighted by molar-refractivity contribution is -0.135. The Morgan fingerprint density at radius 3 is 2.21 bits per heavy atom. The van der Waals surface area contributed by atoms with Gasteiger partial charge in [0.1, 0.15) is 0 Å². The summed E-state index contributed by atoms with van der Waals surface area (Å²) in [5.74, 6) is 0.470. The SMILES string of the molecule is O=C(CN1CCN(Cc2ccc(Cl)cc2)CC1)N(C1CC1)[C@H]1CCS(=O)(=O)C1. The Bertz CT molecular complexity index is 802. The van der Waals surface area contributed by atoms with E-state index in [1.807, 2.05) is 17.0 Å². The van der Waals surface area contributed by atoms with Crippen molar-refractivity contribution in [1.82, 2.24) is 14.7 Å². The summed E-state index contributed by atoms with van der Waals surface area (Å²) in [5, 5.41) is 0.752. The van der Waals surface area contributed by atoms with Crippen LogP contribution in [-0.2, 0) is 21.2 Å². The van der Waals surface area contributed by atoms with Crippen LogP contribution in [0.5, 0.6) is 0 Å². The van der Waals surface area contributed by atoms with Crippen molar-refractivity contribution in [1.29, 1.82) is 0 Å². The molecule has 0 spiro atoms. The molecule has 0 radical (unpaired) electrons. The molecule has 6 nitrogen and oxygen atoms in total. The van der Waals surface area contributed by atoms with Crippen LogP contribution in [0.2, 0.25) is 5.02 Å². The van der Waals surface area contributed by atoms with E-state index in [1.54, 1.807) is 0 Å². The second-order valence-electron chi connectivity index (χ2n) is 8.27. The predicted octanol–water partition coefficient (Wildman–Crippen LogP) is 1.64. The van der Waals surface area contributed by atoms with E-state index < -0.39 is 9.84 Å². The zero-order valence-electron chi connectivity index (χ0n) is 16.1. The maximum Gasteiger partial charge on any atom is 0.237 e. The number of amides is 1. The molecule has 4 rings (SSSR count). The first kappa shape index (κ1) is 20.1. The molecular formula is C20H28ClN3O3S. The summed E-state index contributed by atoms with van der Waals surface area (Å²) in [6.45, 7) is 4.88. The molecule has 154 valence electrons. The molecule has 2 saturated heterocycles. The van der Waals surface area contributed by atoms with Gasteiger partial charge in [0.15, 0.2) is 9.84 Å². The average molecular weight is 426 g/mol. The van der Waals surface area contributed by atoms with Crippen LogP contribution in [-0.4, -0.2) is 85.3 Å². The van der Waals surface area contributed by atoms with Crippen LogP contribution in [0.3, 0.4) is 0 Å². The molecule has 2 aliphatic heterocycles. The Balaban J connectivity index is 1.27. The fourth-order valence-corrected chi connectivity index (χ4v) is 6.12. The Morgan fingerprint density at radius 2 is 1.64 bits per heavy atom. The van der Waals surface area contributed by atoms with Crippen LogP contribution in [0.25, 0.3) is 0 Å². The number of halogens is 1. The van der Waals surface area contributed by atoms with Crippen LogP contribution in [0.4, 0.5) is 0 Å². The summed E-state index contributed by atoms with van der Waals surface area (Å²) in [7, 11) is -2.98. The lowest BCUT2D eigenvalue weighted by atomic mass is 10.2. The number of hydrogen-bond donors (Lipinski definition) is 0. The van der Waals surface area contributed by atoms with E-state index in [0.717, 1.165) is 50.6 Å². The van der Waals surface area contributed by atoms with Crippen molar-refractivity contribution in [2.24, 2.45) is 0 Å². The highest BCUT2D eigenvalue weighted by Crippen LogP contribution is 2.32. The Labute approximate surface area is 172 Å². The fourth-order valence-electron chi connectivity index (χ4n) is 4.28. The van der Waals surface area contributed by atoms with Crippen molar-refractivity contribution in [2.45, 2.75) is 37.9 Å². The largest absolute Gasteiger partial charge is 0.335 e. The number of hydrogen-bond acceptors (Lipinski definition) is 5. The van der Waals surface area contributed by atoms with Crippen LogP contribution in [0, 0.1) is 0 Å². The highest BCUT2D eigenvalue weighted by Gasteiger charge is 2.42. The van der Waals surface area contributed by atoms with Crippen LogP contribution in [0.15, 0.2) is 24.3 Å². The van der Waals surface area contributed by atoms with Gasteiger partial charge in [0.05, 0.1) is 18.1 Å². The third kappa shape index (κ3) is 5.06. The van der Waals surface area contributed by atoms with E-state index in [4.69, 9.17) is 11.6 Å². The third-order valence-corrected chi connectivity index (χ3v) is 7.98. The van der Waals surface area contributed by atoms with Gasteiger partial charge in [-0.2, -0.15) is 0 Å². The zero-order valence-corrected chi connectivity index (χ0v) is 17.7. The van der Waals surface area contributed by atoms with E-state index in [0.29, 0.717) is 13.0 Å². The molecular weight excluding hydrogens is 398 g/mol. The molecule has 1 atom stereocenters. The first-order valence-corrected chi connectivity index (χ1v) is 12.3. The molecule has 3 fully saturated rings. The van der Waals surface area contributed by atoms with Crippen molar-refractivity contribution in [2.75, 3.05) is 44.2 Å². The van der Waals surface area contributed by atoms with Crippen molar-refractivity contribution in [3.05, 3.63) is 34.9 Å². The molecule has 8 heteroatoms. The summed E-state index contributed by atoms with van der Waals surface area (Å²) in [6.07, 6.45) is 2.62. The minimum Gasteiger partial charge on any atom is -0.335 e. The number of piperazine rings is 1. The average Bonchev–Trinajstić information content (AvgIpc) is 3.42. The molecule has 1 amide bonds. The van der Waals surface area contributed by atoms with Gasteiger partial charge < -0.3 is 4.90 Å². The zero-order chi connectivity index (χ0) is 19.7. The maximum atomic E-state index is 13.0. The summed E-state index contributed by atoms with van der Waals surface area (Å²) in [6, 6.07) is 8.10. The van der Waals surface area contributed by atoms with Gasteiger partial charge in [-0.25, -0.2) is 8.42 Å². The Kier molecular flexibility index (Phi) is 5.97. The van der Waals surface area contributed by atoms with Crippen molar-refractivity contribution in [3.8, 4) is 0 Å². The quantitative estimate of drug-likeness (QED) is 0.693. The second-order valence-corrected chi connectivity index (χ2v) is 10.9. The standard InChI is InChI=1S/C20H28ClN3O3S/c21-17-3-1-16(2-4-17)13-22-8-10-23(11-9-22)14-20(25)24(18-5-6-18)19-7-12-28(26,27)15-19/h1-4,18-19H,5-15H2/t19-/m0/s1. The van der Waals surface area contributed by atoms with E-state index >= 15 is 0 Å². The molecule has 1 aromatic rings. The lowest BCUT2D eigenvalue weighted by Crippen LogP contribution is -2.52. The Hall–Kier alpha value is -1.15. The van der Waals surface area contributed by atoms with E-state index in [-0.39, 0.29) is 29.5 Å². The number of sulfone groups is 1. The van der Waals surface area contributed by atoms with Crippen LogP contribution in [0.1, 0.15) is 24.8 Å². The molecule has 3 aliphatic rings. The lowest BCUT2D eigenvalue weighted by Gasteiger charge is -2.36. The summed E-state index contributed by atoms with van der Waals surface area (Å²) < 4.78 is 23.7. The normalized spacial score (nSPS) is 25.7. The van der Waals surface area contributed by atoms with Gasteiger partial charge in [0, 0.05) is 49.8 Å². The van der Waals surface area contributed by atoms with Crippen molar-refractivity contribution in [3.63, 3.8) is 0 Å². The van der Waals surface area contributed by atoms with Crippen molar-refractivity contribution < 1.29 is 13.2 Å². The molecule has 2 heterocycles. The Morgan fingerprint density at radius 1 is 1.00 bits per heavy atom. The van der Waals surface area contributed by atoms with Gasteiger partial charge >= 0.3 is 0 Å². The summed E-state index contributed by atoms with van der Waals surface area (Å²) in [5.41, 5.74) is 1.25. The molecule has 1 saturated carbocycles. The van der Waals surface area contributed by atoms with Gasteiger partial charge in [-0.15, -0.1) is 0 Å². The highest BCUT2D eigenvalue weighted by molar-refractivity contribution is 7.91. The molecule has 0 unspecified atom stereocenters. The molecule has 1 aromatic carbocycles. The fraction of sp³-hybridized carbons (Fsp3) is 0.650. The molecule has 1 aliphatic carbocycles. The number of nitrogens with zero attached hydrogens (tertiary/aromatic N) is 3. The van der Waals surface area contributed by atoms with E-state index in [9.17, 15) is 13.2 Å².